The molecule has 0 aliphatic carbocycles. The van der Waals surface area contributed by atoms with Crippen LogP contribution in [-0.4, -0.2) is 26.5 Å². The number of hydrogen-bond acceptors (Lipinski definition) is 5. The number of hydrogen-bond donors (Lipinski definition) is 4. The number of nitrogens with zero attached hydrogens (tertiary/aromatic N) is 2. The number of aromatic nitrogens is 3. The largest absolute Gasteiger partial charge is 0.506 e. The SMILES string of the molecule is Oc1c(Br)cc(Br)cc1/C=N\Nc1nc(=S)[nH][nH]1. The Balaban J connectivity index is 2.16. The first-order valence-electron chi connectivity index (χ1n) is 4.68. The van der Waals surface area contributed by atoms with Gasteiger partial charge in [-0.15, -0.1) is 0 Å². The number of aromatic amines is 2. The van der Waals surface area contributed by atoms with Gasteiger partial charge in [-0.1, -0.05) is 15.9 Å². The van der Waals surface area contributed by atoms with E-state index in [0.717, 1.165) is 4.47 Å². The number of aromatic hydroxyl groups is 1. The molecule has 0 saturated carbocycles. The zero-order valence-electron chi connectivity index (χ0n) is 8.74. The van der Waals surface area contributed by atoms with Crippen LogP contribution in [0.4, 0.5) is 5.95 Å². The molecule has 0 saturated heterocycles. The lowest BCUT2D eigenvalue weighted by Crippen LogP contribution is -1.93. The van der Waals surface area contributed by atoms with Crippen molar-refractivity contribution in [1.82, 2.24) is 15.2 Å². The van der Waals surface area contributed by atoms with Crippen LogP contribution in [0.5, 0.6) is 5.75 Å². The molecule has 0 unspecified atom stereocenters. The summed E-state index contributed by atoms with van der Waals surface area (Å²) >= 11 is 11.4. The summed E-state index contributed by atoms with van der Waals surface area (Å²) in [6.07, 6.45) is 1.47. The highest BCUT2D eigenvalue weighted by Crippen LogP contribution is 2.30. The van der Waals surface area contributed by atoms with Crippen LogP contribution in [0.15, 0.2) is 26.2 Å². The lowest BCUT2D eigenvalue weighted by Gasteiger charge is -2.02. The number of rotatable bonds is 3. The lowest BCUT2D eigenvalue weighted by atomic mass is 10.2. The summed E-state index contributed by atoms with van der Waals surface area (Å²) in [4.78, 5) is 3.90. The first kappa shape index (κ1) is 13.2. The third-order valence-corrected chi connectivity index (χ3v) is 3.19. The van der Waals surface area contributed by atoms with Gasteiger partial charge in [0.05, 0.1) is 10.7 Å². The maximum atomic E-state index is 9.79. The van der Waals surface area contributed by atoms with Crippen molar-refractivity contribution in [3.63, 3.8) is 0 Å². The van der Waals surface area contributed by atoms with E-state index in [-0.39, 0.29) is 5.75 Å². The number of phenols is 1. The first-order valence-corrected chi connectivity index (χ1v) is 6.67. The van der Waals surface area contributed by atoms with Crippen LogP contribution in [0.3, 0.4) is 0 Å². The molecule has 94 valence electrons. The number of phenolic OH excluding ortho intramolecular Hbond substituents is 1. The molecule has 1 aromatic heterocycles. The van der Waals surface area contributed by atoms with Gasteiger partial charge >= 0.3 is 0 Å². The van der Waals surface area contributed by atoms with Gasteiger partial charge in [0, 0.05) is 10.0 Å². The molecule has 2 aromatic rings. The second-order valence-electron chi connectivity index (χ2n) is 3.21. The minimum atomic E-state index is 0.110. The number of hydrazone groups is 1. The van der Waals surface area contributed by atoms with Gasteiger partial charge in [0.2, 0.25) is 10.7 Å². The molecule has 0 spiro atoms. The van der Waals surface area contributed by atoms with E-state index in [1.165, 1.54) is 6.21 Å². The van der Waals surface area contributed by atoms with Crippen molar-refractivity contribution in [1.29, 1.82) is 0 Å². The lowest BCUT2D eigenvalue weighted by molar-refractivity contribution is 0.471. The van der Waals surface area contributed by atoms with Crippen molar-refractivity contribution < 1.29 is 5.11 Å². The predicted molar refractivity (Wildman–Crippen MR) is 78.5 cm³/mol. The quantitative estimate of drug-likeness (QED) is 0.367. The van der Waals surface area contributed by atoms with Crippen molar-refractivity contribution in [2.24, 2.45) is 5.10 Å². The second kappa shape index (κ2) is 5.63. The van der Waals surface area contributed by atoms with E-state index in [0.29, 0.717) is 20.8 Å². The van der Waals surface area contributed by atoms with Gasteiger partial charge in [0.15, 0.2) is 0 Å². The molecule has 6 nitrogen and oxygen atoms in total. The molecular weight excluding hydrogens is 386 g/mol. The summed E-state index contributed by atoms with van der Waals surface area (Å²) in [5, 5.41) is 19.0. The van der Waals surface area contributed by atoms with Crippen molar-refractivity contribution in [3.8, 4) is 5.75 Å². The molecule has 1 heterocycles. The van der Waals surface area contributed by atoms with Gasteiger partial charge < -0.3 is 5.11 Å². The molecule has 4 N–H and O–H groups in total. The number of anilines is 1. The fourth-order valence-corrected chi connectivity index (χ4v) is 2.57. The Morgan fingerprint density at radius 2 is 2.17 bits per heavy atom. The molecule has 2 rings (SSSR count). The van der Waals surface area contributed by atoms with E-state index >= 15 is 0 Å². The number of benzene rings is 1. The van der Waals surface area contributed by atoms with Gasteiger partial charge in [-0.2, -0.15) is 10.1 Å². The fourth-order valence-electron chi connectivity index (χ4n) is 1.17. The van der Waals surface area contributed by atoms with Crippen molar-refractivity contribution in [2.75, 3.05) is 5.43 Å². The van der Waals surface area contributed by atoms with E-state index < -0.39 is 0 Å². The minimum absolute atomic E-state index is 0.110. The normalized spacial score (nSPS) is 11.0. The molecule has 0 aliphatic heterocycles. The van der Waals surface area contributed by atoms with Crippen LogP contribution in [0.2, 0.25) is 0 Å². The zero-order chi connectivity index (χ0) is 13.1. The van der Waals surface area contributed by atoms with Crippen LogP contribution in [0, 0.1) is 4.77 Å². The highest BCUT2D eigenvalue weighted by Gasteiger charge is 2.05. The summed E-state index contributed by atoms with van der Waals surface area (Å²) < 4.78 is 1.74. The van der Waals surface area contributed by atoms with Crippen LogP contribution in [0.1, 0.15) is 5.56 Å². The van der Waals surface area contributed by atoms with Gasteiger partial charge in [-0.25, -0.2) is 5.43 Å². The van der Waals surface area contributed by atoms with Gasteiger partial charge in [0.25, 0.3) is 0 Å². The summed E-state index contributed by atoms with van der Waals surface area (Å²) in [5.41, 5.74) is 3.20. The first-order chi connectivity index (χ1) is 8.56. The van der Waals surface area contributed by atoms with E-state index in [1.807, 2.05) is 0 Å². The third kappa shape index (κ3) is 3.18. The fraction of sp³-hybridized carbons (Fsp3) is 0. The van der Waals surface area contributed by atoms with Gasteiger partial charge in [0.1, 0.15) is 5.75 Å². The minimum Gasteiger partial charge on any atom is -0.506 e. The molecule has 0 fully saturated rings. The summed E-state index contributed by atoms with van der Waals surface area (Å²) in [7, 11) is 0. The Labute approximate surface area is 124 Å². The Hall–Kier alpha value is -1.19. The number of halogens is 2. The average molecular weight is 393 g/mol. The molecule has 0 atom stereocenters. The van der Waals surface area contributed by atoms with Gasteiger partial charge in [-0.05, 0) is 40.3 Å². The highest BCUT2D eigenvalue weighted by molar-refractivity contribution is 9.11. The molecule has 0 aliphatic rings. The van der Waals surface area contributed by atoms with E-state index in [2.05, 4.69) is 57.6 Å². The highest BCUT2D eigenvalue weighted by atomic mass is 79.9. The molecular formula is C9H7Br2N5OS. The standard InChI is InChI=1S/C9H7Br2N5OS/c10-5-1-4(7(17)6(11)2-5)3-12-14-8-13-9(18)16-15-8/h1-3,17H,(H3,13,14,15,16,18)/b12-3-. The third-order valence-electron chi connectivity index (χ3n) is 1.93. The van der Waals surface area contributed by atoms with Crippen molar-refractivity contribution in [2.45, 2.75) is 0 Å². The second-order valence-corrected chi connectivity index (χ2v) is 5.37. The summed E-state index contributed by atoms with van der Waals surface area (Å²) in [6.45, 7) is 0. The van der Waals surface area contributed by atoms with Gasteiger partial charge in [-0.3, -0.25) is 10.2 Å². The molecule has 18 heavy (non-hydrogen) atoms. The topological polar surface area (TPSA) is 89.1 Å². The smallest absolute Gasteiger partial charge is 0.238 e. The molecule has 0 radical (unpaired) electrons. The van der Waals surface area contributed by atoms with Crippen LogP contribution in [-0.2, 0) is 0 Å². The van der Waals surface area contributed by atoms with Crippen LogP contribution >= 0.6 is 44.1 Å². The van der Waals surface area contributed by atoms with Crippen molar-refractivity contribution in [3.05, 3.63) is 31.4 Å². The maximum Gasteiger partial charge on any atom is 0.238 e. The van der Waals surface area contributed by atoms with Crippen molar-refractivity contribution >= 4 is 56.2 Å². The van der Waals surface area contributed by atoms with E-state index in [1.54, 1.807) is 12.1 Å². The Kier molecular flexibility index (Phi) is 4.15. The molecule has 1 aromatic carbocycles. The summed E-state index contributed by atoms with van der Waals surface area (Å²) in [5.74, 6) is 0.503. The monoisotopic (exact) mass is 391 g/mol. The number of nitrogens with one attached hydrogen (secondary N) is 3. The zero-order valence-corrected chi connectivity index (χ0v) is 12.7. The van der Waals surface area contributed by atoms with E-state index in [9.17, 15) is 5.11 Å². The Morgan fingerprint density at radius 1 is 1.39 bits per heavy atom. The van der Waals surface area contributed by atoms with Crippen LogP contribution < -0.4 is 5.43 Å². The maximum absolute atomic E-state index is 9.79. The Morgan fingerprint density at radius 3 is 2.83 bits per heavy atom. The Bertz CT molecular complexity index is 651. The van der Waals surface area contributed by atoms with E-state index in [4.69, 9.17) is 12.2 Å². The number of H-pyrrole nitrogens is 2. The molecule has 0 amide bonds. The summed E-state index contributed by atoms with van der Waals surface area (Å²) in [6, 6.07) is 3.48. The van der Waals surface area contributed by atoms with Crippen LogP contribution in [0.25, 0.3) is 0 Å². The average Bonchev–Trinajstić information content (AvgIpc) is 2.71. The molecule has 0 bridgehead atoms. The predicted octanol–water partition coefficient (Wildman–Crippen LogP) is 3.14. The molecule has 9 heteroatoms.